The number of carbonyl (C=O) groups excluding carboxylic acids is 1. The molecule has 2 aromatic carbocycles. The number of nitrogens with one attached hydrogen (secondary N) is 1. The van der Waals surface area contributed by atoms with Crippen molar-refractivity contribution < 1.29 is 4.79 Å². The number of aromatic amines is 1. The average Bonchev–Trinajstić information content (AvgIpc) is 2.83. The number of carbonyl (C=O) groups is 1. The van der Waals surface area contributed by atoms with Crippen LogP contribution in [0.4, 0.5) is 5.69 Å². The van der Waals surface area contributed by atoms with Crippen molar-refractivity contribution in [3.05, 3.63) is 63.2 Å². The molecule has 3 aromatic rings. The molecule has 5 heteroatoms. The third kappa shape index (κ3) is 2.01. The summed E-state index contributed by atoms with van der Waals surface area (Å²) >= 11 is 9.58. The highest BCUT2D eigenvalue weighted by Gasteiger charge is 2.20. The third-order valence-electron chi connectivity index (χ3n) is 3.17. The molecule has 0 spiro atoms. The van der Waals surface area contributed by atoms with Gasteiger partial charge < -0.3 is 10.7 Å². The summed E-state index contributed by atoms with van der Waals surface area (Å²) in [5, 5.41) is 1.19. The van der Waals surface area contributed by atoms with E-state index in [1.807, 2.05) is 18.2 Å². The summed E-state index contributed by atoms with van der Waals surface area (Å²) in [4.78, 5) is 15.8. The zero-order valence-corrected chi connectivity index (χ0v) is 12.6. The number of aromatic nitrogens is 1. The van der Waals surface area contributed by atoms with Crippen molar-refractivity contribution in [2.75, 3.05) is 5.73 Å². The topological polar surface area (TPSA) is 58.9 Å². The molecule has 0 saturated heterocycles. The number of hydrogen-bond donors (Lipinski definition) is 2. The maximum atomic E-state index is 12.7. The van der Waals surface area contributed by atoms with Gasteiger partial charge in [-0.2, -0.15) is 0 Å². The second kappa shape index (κ2) is 4.96. The SMILES string of the molecule is Nc1cccc(Cl)c1C(=O)c1c[nH]c2cccc(Br)c12. The molecular weight excluding hydrogens is 340 g/mol. The van der Waals surface area contributed by atoms with Crippen LogP contribution in [0, 0.1) is 0 Å². The minimum atomic E-state index is -0.189. The van der Waals surface area contributed by atoms with E-state index in [0.29, 0.717) is 21.8 Å². The zero-order valence-electron chi connectivity index (χ0n) is 10.3. The monoisotopic (exact) mass is 348 g/mol. The number of anilines is 1. The van der Waals surface area contributed by atoms with Gasteiger partial charge in [0.05, 0.1) is 10.6 Å². The summed E-state index contributed by atoms with van der Waals surface area (Å²) < 4.78 is 0.852. The Bertz CT molecular complexity index is 806. The number of halogens is 2. The lowest BCUT2D eigenvalue weighted by molar-refractivity contribution is 0.104. The minimum Gasteiger partial charge on any atom is -0.398 e. The summed E-state index contributed by atoms with van der Waals surface area (Å²) in [5.41, 5.74) is 8.03. The lowest BCUT2D eigenvalue weighted by Gasteiger charge is -2.06. The van der Waals surface area contributed by atoms with Crippen LogP contribution in [0.25, 0.3) is 10.9 Å². The van der Waals surface area contributed by atoms with Gasteiger partial charge in [-0.3, -0.25) is 4.79 Å². The van der Waals surface area contributed by atoms with Gasteiger partial charge in [0.1, 0.15) is 0 Å². The number of nitrogen functional groups attached to an aromatic ring is 1. The molecule has 3 nitrogen and oxygen atoms in total. The summed E-state index contributed by atoms with van der Waals surface area (Å²) in [6.07, 6.45) is 1.68. The standard InChI is InChI=1S/C15H10BrClN2O/c16-9-3-1-6-12-13(9)8(7-19-12)15(20)14-10(17)4-2-5-11(14)18/h1-7,19H,18H2. The minimum absolute atomic E-state index is 0.189. The molecule has 3 rings (SSSR count). The molecular formula is C15H10BrClN2O. The van der Waals surface area contributed by atoms with E-state index in [2.05, 4.69) is 20.9 Å². The Balaban J connectivity index is 2.24. The number of nitrogens with two attached hydrogens (primary N) is 1. The van der Waals surface area contributed by atoms with Crippen LogP contribution >= 0.6 is 27.5 Å². The second-order valence-electron chi connectivity index (χ2n) is 4.40. The van der Waals surface area contributed by atoms with E-state index in [9.17, 15) is 4.79 Å². The normalized spacial score (nSPS) is 10.9. The van der Waals surface area contributed by atoms with E-state index < -0.39 is 0 Å². The molecule has 1 heterocycles. The van der Waals surface area contributed by atoms with Gasteiger partial charge in [0.15, 0.2) is 5.78 Å². The summed E-state index contributed by atoms with van der Waals surface area (Å²) in [7, 11) is 0. The van der Waals surface area contributed by atoms with Crippen molar-refractivity contribution in [3.8, 4) is 0 Å². The van der Waals surface area contributed by atoms with Gasteiger partial charge in [-0.25, -0.2) is 0 Å². The number of fused-ring (bicyclic) bond motifs is 1. The number of ketones is 1. The molecule has 20 heavy (non-hydrogen) atoms. The van der Waals surface area contributed by atoms with E-state index in [1.165, 1.54) is 0 Å². The Morgan fingerprint density at radius 2 is 1.95 bits per heavy atom. The molecule has 0 atom stereocenters. The average molecular weight is 350 g/mol. The molecule has 0 amide bonds. The van der Waals surface area contributed by atoms with Crippen LogP contribution < -0.4 is 5.73 Å². The van der Waals surface area contributed by atoms with Crippen molar-refractivity contribution in [3.63, 3.8) is 0 Å². The Labute approximate surface area is 128 Å². The maximum absolute atomic E-state index is 12.7. The van der Waals surface area contributed by atoms with E-state index in [0.717, 1.165) is 15.4 Å². The first-order valence-electron chi connectivity index (χ1n) is 5.94. The number of H-pyrrole nitrogens is 1. The first-order valence-corrected chi connectivity index (χ1v) is 7.11. The first kappa shape index (κ1) is 13.2. The van der Waals surface area contributed by atoms with E-state index in [1.54, 1.807) is 24.4 Å². The van der Waals surface area contributed by atoms with Crippen LogP contribution in [-0.4, -0.2) is 10.8 Å². The zero-order chi connectivity index (χ0) is 14.3. The lowest BCUT2D eigenvalue weighted by atomic mass is 10.0. The van der Waals surface area contributed by atoms with E-state index >= 15 is 0 Å². The second-order valence-corrected chi connectivity index (χ2v) is 5.66. The van der Waals surface area contributed by atoms with Crippen LogP contribution in [-0.2, 0) is 0 Å². The highest BCUT2D eigenvalue weighted by Crippen LogP contribution is 2.31. The summed E-state index contributed by atoms with van der Waals surface area (Å²) in [6.45, 7) is 0. The molecule has 0 fully saturated rings. The molecule has 0 unspecified atom stereocenters. The van der Waals surface area contributed by atoms with Crippen molar-refractivity contribution in [1.29, 1.82) is 0 Å². The molecule has 0 saturated carbocycles. The molecule has 0 aliphatic heterocycles. The van der Waals surface area contributed by atoms with Gasteiger partial charge in [-0.05, 0) is 24.3 Å². The van der Waals surface area contributed by atoms with Crippen molar-refractivity contribution in [2.24, 2.45) is 0 Å². The number of rotatable bonds is 2. The Hall–Kier alpha value is -1.78. The molecule has 0 aliphatic carbocycles. The lowest BCUT2D eigenvalue weighted by Crippen LogP contribution is -2.05. The van der Waals surface area contributed by atoms with Crippen LogP contribution in [0.1, 0.15) is 15.9 Å². The van der Waals surface area contributed by atoms with Gasteiger partial charge >= 0.3 is 0 Å². The van der Waals surface area contributed by atoms with Crippen LogP contribution in [0.5, 0.6) is 0 Å². The van der Waals surface area contributed by atoms with Gasteiger partial charge in [-0.15, -0.1) is 0 Å². The van der Waals surface area contributed by atoms with E-state index in [4.69, 9.17) is 17.3 Å². The van der Waals surface area contributed by atoms with Crippen molar-refractivity contribution in [2.45, 2.75) is 0 Å². The first-order chi connectivity index (χ1) is 9.59. The smallest absolute Gasteiger partial charge is 0.198 e. The largest absolute Gasteiger partial charge is 0.398 e. The fourth-order valence-electron chi connectivity index (χ4n) is 2.23. The van der Waals surface area contributed by atoms with Gasteiger partial charge in [-0.1, -0.05) is 39.7 Å². The van der Waals surface area contributed by atoms with Crippen molar-refractivity contribution in [1.82, 2.24) is 4.98 Å². The van der Waals surface area contributed by atoms with Gasteiger partial charge in [0.2, 0.25) is 0 Å². The Kier molecular flexibility index (Phi) is 3.28. The summed E-state index contributed by atoms with van der Waals surface area (Å²) in [6, 6.07) is 10.8. The van der Waals surface area contributed by atoms with E-state index in [-0.39, 0.29) is 5.78 Å². The fraction of sp³-hybridized carbons (Fsp3) is 0. The van der Waals surface area contributed by atoms with Gasteiger partial charge in [0.25, 0.3) is 0 Å². The van der Waals surface area contributed by atoms with Crippen LogP contribution in [0.15, 0.2) is 47.1 Å². The molecule has 0 bridgehead atoms. The quantitative estimate of drug-likeness (QED) is 0.532. The number of hydrogen-bond acceptors (Lipinski definition) is 2. The van der Waals surface area contributed by atoms with Crippen LogP contribution in [0.3, 0.4) is 0 Å². The highest BCUT2D eigenvalue weighted by atomic mass is 79.9. The Morgan fingerprint density at radius 3 is 2.70 bits per heavy atom. The predicted molar refractivity (Wildman–Crippen MR) is 85.3 cm³/mol. The van der Waals surface area contributed by atoms with Crippen LogP contribution in [0.2, 0.25) is 5.02 Å². The molecule has 3 N–H and O–H groups in total. The molecule has 1 aromatic heterocycles. The van der Waals surface area contributed by atoms with Crippen molar-refractivity contribution >= 4 is 49.9 Å². The summed E-state index contributed by atoms with van der Waals surface area (Å²) in [5.74, 6) is -0.189. The molecule has 0 radical (unpaired) electrons. The molecule has 0 aliphatic rings. The maximum Gasteiger partial charge on any atom is 0.198 e. The highest BCUT2D eigenvalue weighted by molar-refractivity contribution is 9.10. The Morgan fingerprint density at radius 1 is 1.20 bits per heavy atom. The fourth-order valence-corrected chi connectivity index (χ4v) is 3.08. The molecule has 100 valence electrons. The number of benzene rings is 2. The predicted octanol–water partition coefficient (Wildman–Crippen LogP) is 4.40. The van der Waals surface area contributed by atoms with Gasteiger partial charge in [0, 0.05) is 32.8 Å². The third-order valence-corrected chi connectivity index (χ3v) is 4.15.